The number of hydrogen-bond donors (Lipinski definition) is 0. The third kappa shape index (κ3) is 2.81. The maximum absolute atomic E-state index is 5.62. The summed E-state index contributed by atoms with van der Waals surface area (Å²) < 4.78 is 20.6. The minimum atomic E-state index is 0.433. The molecule has 1 aliphatic carbocycles. The van der Waals surface area contributed by atoms with Crippen molar-refractivity contribution in [3.05, 3.63) is 47.8 Å². The standard InChI is InChI=1S/C23H22N6O3/c1-30-16-4-5-18-17(7-16)20-15(9-28(26-20)8-13-10-31-11-13)6-19-21(24-12-29(18)19)23-25-22(27-32-23)14-2-3-14/h4-5,7,9,12-14H,2-3,6,8,10-11H2,1H3. The van der Waals surface area contributed by atoms with Gasteiger partial charge in [-0.05, 0) is 31.0 Å². The van der Waals surface area contributed by atoms with E-state index in [1.807, 2.05) is 23.1 Å². The summed E-state index contributed by atoms with van der Waals surface area (Å²) in [6.07, 6.45) is 6.91. The van der Waals surface area contributed by atoms with Crippen molar-refractivity contribution in [1.82, 2.24) is 29.5 Å². The summed E-state index contributed by atoms with van der Waals surface area (Å²) in [6, 6.07) is 6.07. The first kappa shape index (κ1) is 18.1. The Morgan fingerprint density at radius 3 is 2.88 bits per heavy atom. The molecule has 0 radical (unpaired) electrons. The van der Waals surface area contributed by atoms with Gasteiger partial charge in [0.05, 0.1) is 37.4 Å². The van der Waals surface area contributed by atoms with Crippen molar-refractivity contribution in [3.8, 4) is 34.3 Å². The first-order valence-electron chi connectivity index (χ1n) is 11.0. The van der Waals surface area contributed by atoms with Gasteiger partial charge in [0.2, 0.25) is 0 Å². The summed E-state index contributed by atoms with van der Waals surface area (Å²) in [6.45, 7) is 2.45. The van der Waals surface area contributed by atoms with Crippen LogP contribution in [0.3, 0.4) is 0 Å². The van der Waals surface area contributed by atoms with Gasteiger partial charge < -0.3 is 18.6 Å². The van der Waals surface area contributed by atoms with Gasteiger partial charge >= 0.3 is 0 Å². The lowest BCUT2D eigenvalue weighted by atomic mass is 10.0. The van der Waals surface area contributed by atoms with Crippen LogP contribution < -0.4 is 4.74 Å². The number of aromatic nitrogens is 6. The highest BCUT2D eigenvalue weighted by Crippen LogP contribution is 2.41. The van der Waals surface area contributed by atoms with Gasteiger partial charge in [0, 0.05) is 42.1 Å². The van der Waals surface area contributed by atoms with Crippen LogP contribution >= 0.6 is 0 Å². The smallest absolute Gasteiger partial charge is 0.278 e. The van der Waals surface area contributed by atoms with Crippen molar-refractivity contribution in [1.29, 1.82) is 0 Å². The van der Waals surface area contributed by atoms with Gasteiger partial charge in [-0.2, -0.15) is 10.1 Å². The van der Waals surface area contributed by atoms with Crippen LogP contribution in [0.5, 0.6) is 5.75 Å². The fraction of sp³-hybridized carbons (Fsp3) is 0.391. The average molecular weight is 430 g/mol. The van der Waals surface area contributed by atoms with E-state index in [1.165, 1.54) is 0 Å². The van der Waals surface area contributed by atoms with Crippen LogP contribution in [-0.2, 0) is 17.7 Å². The highest BCUT2D eigenvalue weighted by Gasteiger charge is 2.32. The molecule has 2 fully saturated rings. The Kier molecular flexibility index (Phi) is 3.84. The summed E-state index contributed by atoms with van der Waals surface area (Å²) in [5.74, 6) is 3.02. The van der Waals surface area contributed by atoms with E-state index in [-0.39, 0.29) is 0 Å². The van der Waals surface area contributed by atoms with E-state index in [1.54, 1.807) is 7.11 Å². The van der Waals surface area contributed by atoms with Gasteiger partial charge in [0.1, 0.15) is 12.1 Å². The molecule has 0 bridgehead atoms. The SMILES string of the molecule is COc1ccc2c(c1)-c1nn(CC3COC3)cc1Cc1c(-c3nc(C4CC4)no3)ncn1-2. The molecule has 9 nitrogen and oxygen atoms in total. The van der Waals surface area contributed by atoms with Crippen molar-refractivity contribution >= 4 is 0 Å². The molecule has 0 amide bonds. The maximum atomic E-state index is 5.62. The van der Waals surface area contributed by atoms with E-state index >= 15 is 0 Å². The van der Waals surface area contributed by atoms with Crippen molar-refractivity contribution in [2.24, 2.45) is 5.92 Å². The molecule has 0 spiro atoms. The fourth-order valence-corrected chi connectivity index (χ4v) is 4.56. The van der Waals surface area contributed by atoms with Gasteiger partial charge in [-0.1, -0.05) is 5.16 Å². The molecule has 1 aromatic carbocycles. The highest BCUT2D eigenvalue weighted by atomic mass is 16.5. The Hall–Kier alpha value is -3.46. The van der Waals surface area contributed by atoms with E-state index in [9.17, 15) is 0 Å². The average Bonchev–Trinajstić information content (AvgIpc) is 3.22. The Morgan fingerprint density at radius 2 is 2.09 bits per heavy atom. The molecule has 9 heteroatoms. The number of nitrogens with zero attached hydrogens (tertiary/aromatic N) is 6. The third-order valence-corrected chi connectivity index (χ3v) is 6.52. The first-order valence-corrected chi connectivity index (χ1v) is 11.0. The monoisotopic (exact) mass is 430 g/mol. The third-order valence-electron chi connectivity index (χ3n) is 6.52. The van der Waals surface area contributed by atoms with E-state index in [2.05, 4.69) is 32.0 Å². The van der Waals surface area contributed by atoms with E-state index < -0.39 is 0 Å². The summed E-state index contributed by atoms with van der Waals surface area (Å²) in [7, 11) is 1.68. The molecule has 4 aromatic rings. The van der Waals surface area contributed by atoms with Crippen LogP contribution in [0.1, 0.15) is 35.8 Å². The van der Waals surface area contributed by atoms with Gasteiger partial charge in [-0.15, -0.1) is 0 Å². The quantitative estimate of drug-likeness (QED) is 0.423. The van der Waals surface area contributed by atoms with Crippen molar-refractivity contribution < 1.29 is 14.0 Å². The number of hydrogen-bond acceptors (Lipinski definition) is 7. The fourth-order valence-electron chi connectivity index (χ4n) is 4.56. The number of methoxy groups -OCH3 is 1. The molecular formula is C23H22N6O3. The molecule has 1 saturated heterocycles. The second-order valence-corrected chi connectivity index (χ2v) is 8.83. The predicted octanol–water partition coefficient (Wildman–Crippen LogP) is 3.22. The topological polar surface area (TPSA) is 93.0 Å². The minimum Gasteiger partial charge on any atom is -0.497 e. The lowest BCUT2D eigenvalue weighted by Gasteiger charge is -2.25. The number of benzene rings is 1. The summed E-state index contributed by atoms with van der Waals surface area (Å²) in [5.41, 5.74) is 5.90. The summed E-state index contributed by atoms with van der Waals surface area (Å²) in [4.78, 5) is 9.33. The zero-order valence-electron chi connectivity index (χ0n) is 17.7. The van der Waals surface area contributed by atoms with Gasteiger partial charge in [0.15, 0.2) is 11.5 Å². The summed E-state index contributed by atoms with van der Waals surface area (Å²) >= 11 is 0. The number of ether oxygens (including phenoxy) is 2. The van der Waals surface area contributed by atoms with E-state index in [0.717, 1.165) is 78.1 Å². The molecular weight excluding hydrogens is 408 g/mol. The normalized spacial score (nSPS) is 17.3. The van der Waals surface area contributed by atoms with Gasteiger partial charge in [-0.25, -0.2) is 4.98 Å². The van der Waals surface area contributed by atoms with E-state index in [0.29, 0.717) is 24.1 Å². The molecule has 0 N–H and O–H groups in total. The largest absolute Gasteiger partial charge is 0.497 e. The molecule has 2 aliphatic heterocycles. The molecule has 3 aromatic heterocycles. The number of imidazole rings is 1. The van der Waals surface area contributed by atoms with E-state index in [4.69, 9.17) is 19.1 Å². The van der Waals surface area contributed by atoms with Crippen LogP contribution in [0.4, 0.5) is 0 Å². The van der Waals surface area contributed by atoms with Crippen molar-refractivity contribution in [3.63, 3.8) is 0 Å². The Bertz CT molecular complexity index is 1330. The molecule has 0 atom stereocenters. The number of fused-ring (bicyclic) bond motifs is 5. The summed E-state index contributed by atoms with van der Waals surface area (Å²) in [5, 5.41) is 9.16. The highest BCUT2D eigenvalue weighted by molar-refractivity contribution is 5.77. The zero-order chi connectivity index (χ0) is 21.2. The van der Waals surface area contributed by atoms with Crippen molar-refractivity contribution in [2.45, 2.75) is 31.7 Å². The van der Waals surface area contributed by atoms with Gasteiger partial charge in [0.25, 0.3) is 5.89 Å². The molecule has 162 valence electrons. The molecule has 3 aliphatic rings. The van der Waals surface area contributed by atoms with Crippen LogP contribution in [0.15, 0.2) is 35.2 Å². The molecule has 0 unspecified atom stereocenters. The van der Waals surface area contributed by atoms with Crippen LogP contribution in [0.2, 0.25) is 0 Å². The maximum Gasteiger partial charge on any atom is 0.278 e. The van der Waals surface area contributed by atoms with Crippen molar-refractivity contribution in [2.75, 3.05) is 20.3 Å². The Balaban J connectivity index is 1.37. The number of rotatable bonds is 5. The molecule has 32 heavy (non-hydrogen) atoms. The molecule has 1 saturated carbocycles. The molecule has 5 heterocycles. The Labute approximate surface area is 184 Å². The Morgan fingerprint density at radius 1 is 1.19 bits per heavy atom. The zero-order valence-corrected chi connectivity index (χ0v) is 17.7. The van der Waals surface area contributed by atoms with Crippen LogP contribution in [0.25, 0.3) is 28.5 Å². The van der Waals surface area contributed by atoms with Gasteiger partial charge in [-0.3, -0.25) is 4.68 Å². The van der Waals surface area contributed by atoms with Crippen LogP contribution in [-0.4, -0.2) is 49.8 Å². The molecule has 7 rings (SSSR count). The lowest BCUT2D eigenvalue weighted by molar-refractivity contribution is -0.0408. The minimum absolute atomic E-state index is 0.433. The van der Waals surface area contributed by atoms with Crippen LogP contribution in [0, 0.1) is 5.92 Å². The lowest BCUT2D eigenvalue weighted by Crippen LogP contribution is -2.31. The second kappa shape index (κ2) is 6.77. The first-order chi connectivity index (χ1) is 15.8. The predicted molar refractivity (Wildman–Crippen MR) is 114 cm³/mol. The second-order valence-electron chi connectivity index (χ2n) is 8.83.